The Labute approximate surface area is 164 Å². The maximum absolute atomic E-state index is 13.4. The first-order valence-electron chi connectivity index (χ1n) is 8.52. The number of carbonyl (C=O) groups excluding carboxylic acids is 1. The topological polar surface area (TPSA) is 76.5 Å². The molecule has 0 bridgehead atoms. The van der Waals surface area contributed by atoms with Gasteiger partial charge in [-0.15, -0.1) is 0 Å². The molecule has 28 heavy (non-hydrogen) atoms. The van der Waals surface area contributed by atoms with Gasteiger partial charge in [0.2, 0.25) is 6.10 Å². The van der Waals surface area contributed by atoms with Gasteiger partial charge in [-0.25, -0.2) is 14.4 Å². The zero-order valence-corrected chi connectivity index (χ0v) is 15.4. The highest BCUT2D eigenvalue weighted by Crippen LogP contribution is 2.26. The van der Waals surface area contributed by atoms with Gasteiger partial charge in [-0.1, -0.05) is 35.1 Å². The zero-order chi connectivity index (χ0) is 19.3. The Hall–Kier alpha value is -3.26. The molecule has 0 radical (unpaired) electrons. The van der Waals surface area contributed by atoms with Crippen molar-refractivity contribution < 1.29 is 14.0 Å². The summed E-state index contributed by atoms with van der Waals surface area (Å²) in [6, 6.07) is 15.1. The molecule has 6 nitrogen and oxygen atoms in total. The van der Waals surface area contributed by atoms with Crippen molar-refractivity contribution in [1.29, 1.82) is 0 Å². The van der Waals surface area contributed by atoms with Crippen LogP contribution in [0.4, 0.5) is 10.1 Å². The van der Waals surface area contributed by atoms with Crippen molar-refractivity contribution in [3.05, 3.63) is 78.4 Å². The molecule has 1 N–H and O–H groups in total. The van der Waals surface area contributed by atoms with Crippen molar-refractivity contribution in [3.8, 4) is 0 Å². The molecule has 3 heterocycles. The second-order valence-electron chi connectivity index (χ2n) is 5.99. The molecular weight excluding hydrogens is 379 g/mol. The van der Waals surface area contributed by atoms with Crippen LogP contribution in [0.5, 0.6) is 0 Å². The van der Waals surface area contributed by atoms with E-state index in [0.717, 1.165) is 5.03 Å². The average Bonchev–Trinajstić information content (AvgIpc) is 3.20. The Morgan fingerprint density at radius 3 is 2.79 bits per heavy atom. The second kappa shape index (κ2) is 8.18. The number of amides is 1. The maximum atomic E-state index is 13.4. The van der Waals surface area contributed by atoms with E-state index in [2.05, 4.69) is 20.4 Å². The summed E-state index contributed by atoms with van der Waals surface area (Å²) in [6.45, 7) is 0. The largest absolute Gasteiger partial charge is 0.382 e. The fraction of sp³-hybridized carbons (Fsp3) is 0.100. The zero-order valence-electron chi connectivity index (χ0n) is 14.6. The van der Waals surface area contributed by atoms with Crippen LogP contribution in [0.3, 0.4) is 0 Å². The van der Waals surface area contributed by atoms with Gasteiger partial charge in [-0.2, -0.15) is 0 Å². The maximum Gasteiger partial charge on any atom is 0.268 e. The summed E-state index contributed by atoms with van der Waals surface area (Å²) in [4.78, 5) is 26.3. The van der Waals surface area contributed by atoms with E-state index in [0.29, 0.717) is 22.0 Å². The summed E-state index contributed by atoms with van der Waals surface area (Å²) >= 11 is 1.40. The fourth-order valence-corrected chi connectivity index (χ4v) is 3.41. The number of oxime groups is 1. The summed E-state index contributed by atoms with van der Waals surface area (Å²) in [5.74, 6) is -0.682. The van der Waals surface area contributed by atoms with Crippen LogP contribution < -0.4 is 5.32 Å². The van der Waals surface area contributed by atoms with Crippen LogP contribution in [0.25, 0.3) is 0 Å². The summed E-state index contributed by atoms with van der Waals surface area (Å²) in [6.07, 6.45) is 2.83. The van der Waals surface area contributed by atoms with E-state index in [4.69, 9.17) is 4.84 Å². The lowest BCUT2D eigenvalue weighted by Gasteiger charge is -2.10. The molecule has 0 unspecified atom stereocenters. The number of pyridine rings is 2. The smallest absolute Gasteiger partial charge is 0.268 e. The van der Waals surface area contributed by atoms with Gasteiger partial charge >= 0.3 is 0 Å². The molecule has 0 saturated carbocycles. The van der Waals surface area contributed by atoms with Crippen LogP contribution in [0.1, 0.15) is 12.0 Å². The lowest BCUT2D eigenvalue weighted by molar-refractivity contribution is -0.125. The van der Waals surface area contributed by atoms with Crippen LogP contribution in [0.2, 0.25) is 0 Å². The summed E-state index contributed by atoms with van der Waals surface area (Å²) < 4.78 is 13.4. The number of hydrogen-bond acceptors (Lipinski definition) is 6. The number of halogens is 1. The van der Waals surface area contributed by atoms with E-state index in [1.54, 1.807) is 36.7 Å². The SMILES string of the molecule is O=C(Nc1ccnc(Sc2ccccn2)c1)[C@H]1CC(c2cccc(F)c2)=NO1. The minimum atomic E-state index is -0.765. The monoisotopic (exact) mass is 394 g/mol. The quantitative estimate of drug-likeness (QED) is 0.710. The van der Waals surface area contributed by atoms with Crippen molar-refractivity contribution in [2.24, 2.45) is 5.16 Å². The fourth-order valence-electron chi connectivity index (χ4n) is 2.64. The first kappa shape index (κ1) is 18.1. The highest BCUT2D eigenvalue weighted by molar-refractivity contribution is 7.99. The second-order valence-corrected chi connectivity index (χ2v) is 7.03. The molecular formula is C20H15FN4O2S. The minimum absolute atomic E-state index is 0.274. The van der Waals surface area contributed by atoms with Crippen molar-refractivity contribution in [3.63, 3.8) is 0 Å². The van der Waals surface area contributed by atoms with Gasteiger partial charge in [-0.3, -0.25) is 4.79 Å². The van der Waals surface area contributed by atoms with Crippen molar-refractivity contribution >= 4 is 29.1 Å². The van der Waals surface area contributed by atoms with Crippen LogP contribution in [0, 0.1) is 5.82 Å². The molecule has 1 aliphatic heterocycles. The third kappa shape index (κ3) is 4.34. The van der Waals surface area contributed by atoms with Gasteiger partial charge in [0, 0.05) is 30.1 Å². The molecule has 4 rings (SSSR count). The molecule has 3 aromatic rings. The number of anilines is 1. The molecule has 0 fully saturated rings. The van der Waals surface area contributed by atoms with Crippen LogP contribution in [-0.4, -0.2) is 27.7 Å². The number of nitrogens with zero attached hydrogens (tertiary/aromatic N) is 3. The summed E-state index contributed by atoms with van der Waals surface area (Å²) in [5, 5.41) is 8.26. The number of carbonyl (C=O) groups is 1. The Kier molecular flexibility index (Phi) is 5.29. The van der Waals surface area contributed by atoms with E-state index in [1.165, 1.54) is 23.9 Å². The Morgan fingerprint density at radius 1 is 1.07 bits per heavy atom. The van der Waals surface area contributed by atoms with Crippen molar-refractivity contribution in [2.75, 3.05) is 5.32 Å². The van der Waals surface area contributed by atoms with E-state index < -0.39 is 6.10 Å². The Balaban J connectivity index is 1.39. The lowest BCUT2D eigenvalue weighted by Crippen LogP contribution is -2.28. The predicted molar refractivity (Wildman–Crippen MR) is 104 cm³/mol. The third-order valence-electron chi connectivity index (χ3n) is 3.97. The summed E-state index contributed by atoms with van der Waals surface area (Å²) in [7, 11) is 0. The number of rotatable bonds is 5. The Morgan fingerprint density at radius 2 is 1.96 bits per heavy atom. The van der Waals surface area contributed by atoms with E-state index in [-0.39, 0.29) is 18.1 Å². The molecule has 140 valence electrons. The Bertz CT molecular complexity index is 1030. The minimum Gasteiger partial charge on any atom is -0.382 e. The van der Waals surface area contributed by atoms with Crippen LogP contribution in [-0.2, 0) is 9.63 Å². The standard InChI is InChI=1S/C20H15FN4O2S/c21-14-5-3-4-13(10-14)16-12-17(27-25-16)20(26)24-15-7-9-23-19(11-15)28-18-6-1-2-8-22-18/h1-11,17H,12H2,(H,23,24,26)/t17-/m1/s1. The van der Waals surface area contributed by atoms with Crippen LogP contribution in [0.15, 0.2) is 82.2 Å². The number of benzene rings is 1. The van der Waals surface area contributed by atoms with Gasteiger partial charge in [0.25, 0.3) is 5.91 Å². The van der Waals surface area contributed by atoms with Gasteiger partial charge in [-0.05, 0) is 36.4 Å². The molecule has 2 aromatic heterocycles. The molecule has 0 aliphatic carbocycles. The summed E-state index contributed by atoms with van der Waals surface area (Å²) in [5.41, 5.74) is 1.75. The highest BCUT2D eigenvalue weighted by Gasteiger charge is 2.29. The molecule has 0 spiro atoms. The van der Waals surface area contributed by atoms with E-state index in [9.17, 15) is 9.18 Å². The number of hydrogen-bond donors (Lipinski definition) is 1. The van der Waals surface area contributed by atoms with Crippen molar-refractivity contribution in [2.45, 2.75) is 22.6 Å². The molecule has 1 aromatic carbocycles. The number of aromatic nitrogens is 2. The first-order chi connectivity index (χ1) is 13.7. The van der Waals surface area contributed by atoms with E-state index >= 15 is 0 Å². The third-order valence-corrected chi connectivity index (χ3v) is 4.85. The van der Waals surface area contributed by atoms with Gasteiger partial charge in [0.05, 0.1) is 5.71 Å². The molecule has 1 atom stereocenters. The lowest BCUT2D eigenvalue weighted by atomic mass is 10.0. The predicted octanol–water partition coefficient (Wildman–Crippen LogP) is 3.90. The molecule has 1 aliphatic rings. The molecule has 8 heteroatoms. The van der Waals surface area contributed by atoms with Gasteiger partial charge in [0.15, 0.2) is 0 Å². The normalized spacial score (nSPS) is 15.6. The van der Waals surface area contributed by atoms with Crippen LogP contribution >= 0.6 is 11.8 Å². The van der Waals surface area contributed by atoms with Gasteiger partial charge in [0.1, 0.15) is 15.9 Å². The molecule has 1 amide bonds. The first-order valence-corrected chi connectivity index (χ1v) is 9.33. The number of nitrogens with one attached hydrogen (secondary N) is 1. The van der Waals surface area contributed by atoms with Crippen molar-refractivity contribution in [1.82, 2.24) is 9.97 Å². The average molecular weight is 394 g/mol. The van der Waals surface area contributed by atoms with E-state index in [1.807, 2.05) is 18.2 Å². The highest BCUT2D eigenvalue weighted by atomic mass is 32.2. The molecule has 0 saturated heterocycles. The van der Waals surface area contributed by atoms with Gasteiger partial charge < -0.3 is 10.2 Å².